The number of benzene rings is 1. The van der Waals surface area contributed by atoms with Crippen LogP contribution in [0.5, 0.6) is 0 Å². The summed E-state index contributed by atoms with van der Waals surface area (Å²) in [5.41, 5.74) is 2.04. The molecule has 20 heavy (non-hydrogen) atoms. The van der Waals surface area contributed by atoms with Gasteiger partial charge >= 0.3 is 0 Å². The van der Waals surface area contributed by atoms with Crippen molar-refractivity contribution in [3.63, 3.8) is 0 Å². The number of halogens is 3. The lowest BCUT2D eigenvalue weighted by Crippen LogP contribution is -2.15. The van der Waals surface area contributed by atoms with E-state index in [-0.39, 0.29) is 5.91 Å². The van der Waals surface area contributed by atoms with E-state index in [1.807, 2.05) is 19.1 Å². The summed E-state index contributed by atoms with van der Waals surface area (Å²) in [5.74, 6) is 0.0397. The van der Waals surface area contributed by atoms with Crippen molar-refractivity contribution in [1.82, 2.24) is 4.98 Å². The van der Waals surface area contributed by atoms with E-state index < -0.39 is 0 Å². The molecule has 1 amide bonds. The molecule has 6 heteroatoms. The molecule has 0 atom stereocenters. The minimum Gasteiger partial charge on any atom is -0.305 e. The first-order valence-electron chi connectivity index (χ1n) is 5.78. The first-order chi connectivity index (χ1) is 9.38. The zero-order valence-electron chi connectivity index (χ0n) is 10.8. The quantitative estimate of drug-likeness (QED) is 0.802. The fourth-order valence-corrected chi connectivity index (χ4v) is 2.43. The number of nitrogens with one attached hydrogen (secondary N) is 1. The molecular formula is C14H11BrCl2N2O. The fourth-order valence-electron chi connectivity index (χ4n) is 1.66. The summed E-state index contributed by atoms with van der Waals surface area (Å²) in [6, 6.07) is 7.06. The van der Waals surface area contributed by atoms with Crippen molar-refractivity contribution in [2.75, 3.05) is 5.32 Å². The average molecular weight is 374 g/mol. The Morgan fingerprint density at radius 1 is 1.20 bits per heavy atom. The number of carbonyl (C=O) groups is 1. The fraction of sp³-hybridized carbons (Fsp3) is 0.143. The summed E-state index contributed by atoms with van der Waals surface area (Å²) in [6.07, 6.45) is 0. The van der Waals surface area contributed by atoms with Crippen molar-refractivity contribution in [2.24, 2.45) is 0 Å². The van der Waals surface area contributed by atoms with Crippen LogP contribution >= 0.6 is 39.1 Å². The van der Waals surface area contributed by atoms with E-state index in [4.69, 9.17) is 23.2 Å². The molecule has 0 saturated heterocycles. The summed E-state index contributed by atoms with van der Waals surface area (Å²) < 4.78 is 0.833. The number of amides is 1. The highest BCUT2D eigenvalue weighted by Crippen LogP contribution is 2.26. The van der Waals surface area contributed by atoms with Crippen LogP contribution in [0, 0.1) is 13.8 Å². The average Bonchev–Trinajstić information content (AvgIpc) is 2.38. The van der Waals surface area contributed by atoms with Gasteiger partial charge < -0.3 is 5.32 Å². The second kappa shape index (κ2) is 6.12. The largest absolute Gasteiger partial charge is 0.305 e. The molecule has 1 heterocycles. The molecule has 0 spiro atoms. The number of aromatic nitrogens is 1. The third-order valence-electron chi connectivity index (χ3n) is 2.78. The Kier molecular flexibility index (Phi) is 4.68. The monoisotopic (exact) mass is 372 g/mol. The molecule has 0 bridgehead atoms. The van der Waals surface area contributed by atoms with Crippen LogP contribution in [0.15, 0.2) is 28.7 Å². The van der Waals surface area contributed by atoms with Gasteiger partial charge in [0.15, 0.2) is 5.82 Å². The number of hydrogen-bond donors (Lipinski definition) is 1. The zero-order chi connectivity index (χ0) is 14.9. The van der Waals surface area contributed by atoms with Crippen LogP contribution in [0.3, 0.4) is 0 Å². The highest BCUT2D eigenvalue weighted by Gasteiger charge is 2.13. The second-order valence-corrected chi connectivity index (χ2v) is 6.03. The topological polar surface area (TPSA) is 42.0 Å². The molecule has 0 aliphatic heterocycles. The molecule has 0 aliphatic rings. The van der Waals surface area contributed by atoms with Crippen molar-refractivity contribution in [1.29, 1.82) is 0 Å². The van der Waals surface area contributed by atoms with E-state index in [1.54, 1.807) is 19.1 Å². The molecule has 2 rings (SSSR count). The van der Waals surface area contributed by atoms with Crippen molar-refractivity contribution >= 4 is 50.9 Å². The number of rotatable bonds is 2. The summed E-state index contributed by atoms with van der Waals surface area (Å²) in [5, 5.41) is 3.47. The van der Waals surface area contributed by atoms with Gasteiger partial charge in [0.2, 0.25) is 0 Å². The Bertz CT molecular complexity index is 689. The number of carbonyl (C=O) groups excluding carboxylic acids is 1. The van der Waals surface area contributed by atoms with Crippen LogP contribution in [-0.4, -0.2) is 10.9 Å². The molecule has 2 aromatic rings. The van der Waals surface area contributed by atoms with Gasteiger partial charge in [-0.05, 0) is 37.6 Å². The maximum Gasteiger partial charge on any atom is 0.257 e. The maximum absolute atomic E-state index is 12.3. The van der Waals surface area contributed by atoms with E-state index in [1.165, 1.54) is 0 Å². The predicted molar refractivity (Wildman–Crippen MR) is 85.8 cm³/mol. The third-order valence-corrected chi connectivity index (χ3v) is 3.94. The van der Waals surface area contributed by atoms with Gasteiger partial charge in [-0.2, -0.15) is 0 Å². The number of hydrogen-bond acceptors (Lipinski definition) is 2. The highest BCUT2D eigenvalue weighted by molar-refractivity contribution is 9.10. The number of pyridine rings is 1. The van der Waals surface area contributed by atoms with Crippen LogP contribution in [-0.2, 0) is 0 Å². The normalized spacial score (nSPS) is 10.4. The molecule has 104 valence electrons. The van der Waals surface area contributed by atoms with Crippen LogP contribution in [0.25, 0.3) is 0 Å². The van der Waals surface area contributed by atoms with Gasteiger partial charge in [-0.25, -0.2) is 4.98 Å². The van der Waals surface area contributed by atoms with Gasteiger partial charge in [0.25, 0.3) is 5.91 Å². The highest BCUT2D eigenvalue weighted by atomic mass is 79.9. The van der Waals surface area contributed by atoms with E-state index in [0.717, 1.165) is 10.0 Å². The Morgan fingerprint density at radius 3 is 2.60 bits per heavy atom. The Balaban J connectivity index is 2.32. The van der Waals surface area contributed by atoms with Crippen LogP contribution < -0.4 is 5.32 Å². The van der Waals surface area contributed by atoms with E-state index >= 15 is 0 Å². The Morgan fingerprint density at radius 2 is 1.90 bits per heavy atom. The molecule has 0 fully saturated rings. The molecule has 0 saturated carbocycles. The van der Waals surface area contributed by atoms with Crippen LogP contribution in [0.4, 0.5) is 5.82 Å². The van der Waals surface area contributed by atoms with Gasteiger partial charge in [-0.15, -0.1) is 0 Å². The Labute approximate surface area is 135 Å². The lowest BCUT2D eigenvalue weighted by molar-refractivity contribution is 0.102. The summed E-state index contributed by atoms with van der Waals surface area (Å²) in [7, 11) is 0. The van der Waals surface area contributed by atoms with Gasteiger partial charge in [0, 0.05) is 10.0 Å². The van der Waals surface area contributed by atoms with Crippen molar-refractivity contribution in [3.05, 3.63) is 55.6 Å². The van der Waals surface area contributed by atoms with Gasteiger partial charge in [-0.3, -0.25) is 4.79 Å². The molecule has 0 radical (unpaired) electrons. The molecule has 0 unspecified atom stereocenters. The predicted octanol–water partition coefficient (Wildman–Crippen LogP) is 5.02. The van der Waals surface area contributed by atoms with Crippen molar-refractivity contribution < 1.29 is 4.79 Å². The van der Waals surface area contributed by atoms with Crippen LogP contribution in [0.1, 0.15) is 21.6 Å². The molecule has 0 aliphatic carbocycles. The second-order valence-electron chi connectivity index (χ2n) is 4.30. The van der Waals surface area contributed by atoms with Crippen LogP contribution in [0.2, 0.25) is 10.0 Å². The van der Waals surface area contributed by atoms with E-state index in [9.17, 15) is 4.79 Å². The SMILES string of the molecule is Cc1ccc(Br)cc1C(=O)Nc1nc(C)c(Cl)cc1Cl. The third kappa shape index (κ3) is 3.32. The zero-order valence-corrected chi connectivity index (χ0v) is 13.9. The number of nitrogens with zero attached hydrogens (tertiary/aromatic N) is 1. The molecule has 1 N–H and O–H groups in total. The molecular weight excluding hydrogens is 363 g/mol. The summed E-state index contributed by atoms with van der Waals surface area (Å²) in [4.78, 5) is 16.5. The van der Waals surface area contributed by atoms with Crippen molar-refractivity contribution in [2.45, 2.75) is 13.8 Å². The lowest BCUT2D eigenvalue weighted by Gasteiger charge is -2.10. The first-order valence-corrected chi connectivity index (χ1v) is 7.33. The van der Waals surface area contributed by atoms with Crippen molar-refractivity contribution in [3.8, 4) is 0 Å². The lowest BCUT2D eigenvalue weighted by atomic mass is 10.1. The first kappa shape index (κ1) is 15.3. The molecule has 3 nitrogen and oxygen atoms in total. The minimum atomic E-state index is -0.264. The smallest absolute Gasteiger partial charge is 0.257 e. The van der Waals surface area contributed by atoms with Gasteiger partial charge in [0.1, 0.15) is 0 Å². The molecule has 1 aromatic carbocycles. The van der Waals surface area contributed by atoms with Gasteiger partial charge in [-0.1, -0.05) is 45.2 Å². The van der Waals surface area contributed by atoms with E-state index in [2.05, 4.69) is 26.2 Å². The summed E-state index contributed by atoms with van der Waals surface area (Å²) in [6.45, 7) is 3.61. The standard InChI is InChI=1S/C14H11BrCl2N2O/c1-7-3-4-9(15)5-10(7)14(20)19-13-12(17)6-11(16)8(2)18-13/h3-6H,1-2H3,(H,18,19,20). The Hall–Kier alpha value is -1.10. The minimum absolute atomic E-state index is 0.264. The molecule has 1 aromatic heterocycles. The summed E-state index contributed by atoms with van der Waals surface area (Å²) >= 11 is 15.3. The van der Waals surface area contributed by atoms with E-state index in [0.29, 0.717) is 27.1 Å². The van der Waals surface area contributed by atoms with Gasteiger partial charge in [0.05, 0.1) is 15.7 Å². The number of aryl methyl sites for hydroxylation is 2. The number of anilines is 1. The maximum atomic E-state index is 12.3.